The van der Waals surface area contributed by atoms with E-state index < -0.39 is 11.7 Å². The number of halogens is 3. The summed E-state index contributed by atoms with van der Waals surface area (Å²) in [6, 6.07) is 21.7. The molecular weight excluding hydrogens is 455 g/mol. The quantitative estimate of drug-likeness (QED) is 0.272. The molecule has 0 bridgehead atoms. The molecule has 0 aliphatic rings. The van der Waals surface area contributed by atoms with Gasteiger partial charge in [0.1, 0.15) is 0 Å². The molecule has 4 aromatic rings. The molecule has 0 saturated heterocycles. The van der Waals surface area contributed by atoms with Crippen molar-refractivity contribution in [1.29, 1.82) is 0 Å². The third-order valence-electron chi connectivity index (χ3n) is 5.56. The minimum atomic E-state index is -4.37. The summed E-state index contributed by atoms with van der Waals surface area (Å²) >= 11 is 1.36. The number of thioether (sulfide) groups is 1. The van der Waals surface area contributed by atoms with E-state index in [-0.39, 0.29) is 5.41 Å². The average molecular weight is 482 g/mol. The number of hydrogen-bond donors (Lipinski definition) is 0. The normalized spacial score (nSPS) is 12.2. The first-order chi connectivity index (χ1) is 16.0. The molecule has 4 rings (SSSR count). The second-order valence-corrected chi connectivity index (χ2v) is 10.2. The summed E-state index contributed by atoms with van der Waals surface area (Å²) in [5.41, 5.74) is 4.14. The van der Waals surface area contributed by atoms with E-state index in [4.69, 9.17) is 0 Å². The smallest absolute Gasteiger partial charge is 0.270 e. The van der Waals surface area contributed by atoms with Crippen LogP contribution >= 0.6 is 11.8 Å². The Labute approximate surface area is 202 Å². The summed E-state index contributed by atoms with van der Waals surface area (Å²) in [6.07, 6.45) is -4.37. The third-order valence-corrected chi connectivity index (χ3v) is 6.56. The van der Waals surface area contributed by atoms with Crippen molar-refractivity contribution in [2.45, 2.75) is 50.2 Å². The van der Waals surface area contributed by atoms with Crippen LogP contribution in [0.25, 0.3) is 17.1 Å². The molecule has 0 saturated carbocycles. The molecule has 0 unspecified atom stereocenters. The average Bonchev–Trinajstić information content (AvgIpc) is 3.21. The van der Waals surface area contributed by atoms with Gasteiger partial charge in [-0.2, -0.15) is 13.2 Å². The highest BCUT2D eigenvalue weighted by Crippen LogP contribution is 2.33. The van der Waals surface area contributed by atoms with Gasteiger partial charge in [0.15, 0.2) is 11.0 Å². The van der Waals surface area contributed by atoms with Crippen molar-refractivity contribution < 1.29 is 13.2 Å². The van der Waals surface area contributed by atoms with Gasteiger partial charge in [-0.15, -0.1) is 10.2 Å². The standard InChI is InChI=1S/C27H26F3N3S/c1-18-8-14-23(15-9-18)33-24(20-10-12-21(13-11-20)26(2,3)4)31-32-25(33)34-17-19-6-5-7-22(16-19)27(28,29)30/h5-16H,17H2,1-4H3. The van der Waals surface area contributed by atoms with Crippen LogP contribution in [0, 0.1) is 6.92 Å². The summed E-state index contributed by atoms with van der Waals surface area (Å²) in [6.45, 7) is 8.52. The Bertz CT molecular complexity index is 1270. The van der Waals surface area contributed by atoms with E-state index >= 15 is 0 Å². The van der Waals surface area contributed by atoms with E-state index in [1.165, 1.54) is 29.5 Å². The fourth-order valence-corrected chi connectivity index (χ4v) is 4.48. The number of rotatable bonds is 5. The number of aromatic nitrogens is 3. The van der Waals surface area contributed by atoms with E-state index in [9.17, 15) is 13.2 Å². The highest BCUT2D eigenvalue weighted by Gasteiger charge is 2.30. The van der Waals surface area contributed by atoms with Gasteiger partial charge < -0.3 is 0 Å². The van der Waals surface area contributed by atoms with Gasteiger partial charge in [-0.25, -0.2) is 0 Å². The number of benzene rings is 3. The van der Waals surface area contributed by atoms with Crippen molar-refractivity contribution in [3.05, 3.63) is 95.1 Å². The van der Waals surface area contributed by atoms with E-state index in [0.29, 0.717) is 22.3 Å². The number of hydrogen-bond acceptors (Lipinski definition) is 3. The molecule has 0 aliphatic heterocycles. The zero-order valence-corrected chi connectivity index (χ0v) is 20.3. The van der Waals surface area contributed by atoms with E-state index in [0.717, 1.165) is 22.9 Å². The van der Waals surface area contributed by atoms with Gasteiger partial charge >= 0.3 is 6.18 Å². The van der Waals surface area contributed by atoms with Gasteiger partial charge in [-0.3, -0.25) is 4.57 Å². The molecule has 0 amide bonds. The highest BCUT2D eigenvalue weighted by molar-refractivity contribution is 7.98. The molecule has 1 aromatic heterocycles. The molecular formula is C27H26F3N3S. The van der Waals surface area contributed by atoms with Gasteiger partial charge in [0, 0.05) is 17.0 Å². The molecule has 3 aromatic carbocycles. The second-order valence-electron chi connectivity index (χ2n) is 9.29. The molecule has 7 heteroatoms. The van der Waals surface area contributed by atoms with Gasteiger partial charge in [-0.05, 0) is 41.7 Å². The Morgan fingerprint density at radius 1 is 0.824 bits per heavy atom. The van der Waals surface area contributed by atoms with Gasteiger partial charge in [0.2, 0.25) is 0 Å². The zero-order valence-electron chi connectivity index (χ0n) is 19.5. The van der Waals surface area contributed by atoms with Crippen LogP contribution in [0.4, 0.5) is 13.2 Å². The van der Waals surface area contributed by atoms with Crippen molar-refractivity contribution in [3.63, 3.8) is 0 Å². The van der Waals surface area contributed by atoms with Crippen LogP contribution in [0.5, 0.6) is 0 Å². The molecule has 176 valence electrons. The summed E-state index contributed by atoms with van der Waals surface area (Å²) in [5.74, 6) is 1.03. The van der Waals surface area contributed by atoms with E-state index in [1.54, 1.807) is 6.07 Å². The summed E-state index contributed by atoms with van der Waals surface area (Å²) in [5, 5.41) is 9.48. The summed E-state index contributed by atoms with van der Waals surface area (Å²) < 4.78 is 41.3. The Kier molecular flexibility index (Phi) is 6.58. The van der Waals surface area contributed by atoms with Gasteiger partial charge in [-0.1, -0.05) is 92.7 Å². The number of alkyl halides is 3. The first kappa shape index (κ1) is 24.1. The van der Waals surface area contributed by atoms with Crippen molar-refractivity contribution in [3.8, 4) is 17.1 Å². The first-order valence-electron chi connectivity index (χ1n) is 10.9. The largest absolute Gasteiger partial charge is 0.416 e. The fourth-order valence-electron chi connectivity index (χ4n) is 3.58. The Morgan fingerprint density at radius 2 is 1.50 bits per heavy atom. The lowest BCUT2D eigenvalue weighted by Gasteiger charge is -2.19. The van der Waals surface area contributed by atoms with Gasteiger partial charge in [0.25, 0.3) is 0 Å². The molecule has 0 atom stereocenters. The van der Waals surface area contributed by atoms with Crippen molar-refractivity contribution >= 4 is 11.8 Å². The second kappa shape index (κ2) is 9.29. The highest BCUT2D eigenvalue weighted by atomic mass is 32.2. The maximum atomic E-state index is 13.1. The van der Waals surface area contributed by atoms with Crippen LogP contribution in [0.1, 0.15) is 43.0 Å². The number of aryl methyl sites for hydroxylation is 1. The van der Waals surface area contributed by atoms with Crippen LogP contribution in [0.2, 0.25) is 0 Å². The lowest BCUT2D eigenvalue weighted by molar-refractivity contribution is -0.137. The van der Waals surface area contributed by atoms with E-state index in [1.807, 2.05) is 47.9 Å². The number of nitrogens with zero attached hydrogens (tertiary/aromatic N) is 3. The predicted octanol–water partition coefficient (Wildman–Crippen LogP) is 7.85. The van der Waals surface area contributed by atoms with Gasteiger partial charge in [0.05, 0.1) is 5.56 Å². The van der Waals surface area contributed by atoms with Crippen molar-refractivity contribution in [2.75, 3.05) is 0 Å². The Hall–Kier alpha value is -3.06. The van der Waals surface area contributed by atoms with Crippen molar-refractivity contribution in [1.82, 2.24) is 14.8 Å². The molecule has 1 heterocycles. The van der Waals surface area contributed by atoms with Crippen LogP contribution in [0.3, 0.4) is 0 Å². The predicted molar refractivity (Wildman–Crippen MR) is 131 cm³/mol. The minimum absolute atomic E-state index is 0.0368. The van der Waals surface area contributed by atoms with Crippen LogP contribution in [-0.2, 0) is 17.3 Å². The summed E-state index contributed by atoms with van der Waals surface area (Å²) in [4.78, 5) is 0. The maximum Gasteiger partial charge on any atom is 0.416 e. The maximum absolute atomic E-state index is 13.1. The third kappa shape index (κ3) is 5.36. The molecule has 0 fully saturated rings. The topological polar surface area (TPSA) is 30.7 Å². The molecule has 0 N–H and O–H groups in total. The van der Waals surface area contributed by atoms with E-state index in [2.05, 4.69) is 43.1 Å². The van der Waals surface area contributed by atoms with Crippen LogP contribution in [0.15, 0.2) is 78.0 Å². The zero-order chi connectivity index (χ0) is 24.5. The molecule has 0 radical (unpaired) electrons. The fraction of sp³-hybridized carbons (Fsp3) is 0.259. The summed E-state index contributed by atoms with van der Waals surface area (Å²) in [7, 11) is 0. The van der Waals surface area contributed by atoms with Crippen molar-refractivity contribution in [2.24, 2.45) is 0 Å². The monoisotopic (exact) mass is 481 g/mol. The SMILES string of the molecule is Cc1ccc(-n2c(SCc3cccc(C(F)(F)F)c3)nnc2-c2ccc(C(C)(C)C)cc2)cc1. The molecule has 34 heavy (non-hydrogen) atoms. The Balaban J connectivity index is 1.70. The van der Waals surface area contributed by atoms with Crippen LogP contribution in [-0.4, -0.2) is 14.8 Å². The minimum Gasteiger partial charge on any atom is -0.270 e. The first-order valence-corrected chi connectivity index (χ1v) is 11.9. The molecule has 0 aliphatic carbocycles. The Morgan fingerprint density at radius 3 is 2.12 bits per heavy atom. The lowest BCUT2D eigenvalue weighted by atomic mass is 9.87. The lowest BCUT2D eigenvalue weighted by Crippen LogP contribution is -2.10. The molecule has 0 spiro atoms. The molecule has 3 nitrogen and oxygen atoms in total. The van der Waals surface area contributed by atoms with Crippen LogP contribution < -0.4 is 0 Å².